The van der Waals surface area contributed by atoms with Gasteiger partial charge in [0.15, 0.2) is 0 Å². The van der Waals surface area contributed by atoms with E-state index in [1.807, 2.05) is 6.08 Å². The van der Waals surface area contributed by atoms with E-state index >= 15 is 0 Å². The average Bonchev–Trinajstić information content (AvgIpc) is 1.37. The molecule has 0 N–H and O–H groups in total. The van der Waals surface area contributed by atoms with Crippen molar-refractivity contribution < 1.29 is 16.3 Å². The van der Waals surface area contributed by atoms with Crippen LogP contribution in [0.15, 0.2) is 12.7 Å². The Hall–Kier alpha value is 0.272. The molecule has 0 bridgehead atoms. The van der Waals surface area contributed by atoms with Crippen molar-refractivity contribution in [3.05, 3.63) is 12.7 Å². The van der Waals surface area contributed by atoms with Gasteiger partial charge in [-0.3, -0.25) is 0 Å². The van der Waals surface area contributed by atoms with Crippen LogP contribution in [-0.4, -0.2) is 0 Å². The van der Waals surface area contributed by atoms with Crippen molar-refractivity contribution in [2.24, 2.45) is 0 Å². The van der Waals surface area contributed by atoms with E-state index in [2.05, 4.69) is 22.9 Å². The summed E-state index contributed by atoms with van der Waals surface area (Å²) in [5.74, 6) is 0. The minimum absolute atomic E-state index is 0.958. The van der Waals surface area contributed by atoms with Crippen LogP contribution in [-0.2, 0) is 16.3 Å². The summed E-state index contributed by atoms with van der Waals surface area (Å²) in [6, 6.07) is 0. The van der Waals surface area contributed by atoms with Gasteiger partial charge in [-0.05, 0) is 0 Å². The van der Waals surface area contributed by atoms with Crippen LogP contribution in [0, 0.1) is 0 Å². The first-order valence-corrected chi connectivity index (χ1v) is 2.01. The number of rotatable bonds is 1. The van der Waals surface area contributed by atoms with Gasteiger partial charge < -0.3 is 0 Å². The minimum atomic E-state index is 0.958. The monoisotopic (exact) mass is 93.0 g/mol. The Morgan fingerprint density at radius 3 is 2.25 bits per heavy atom. The molecule has 0 radical (unpaired) electrons. The van der Waals surface area contributed by atoms with Crippen LogP contribution in [0.5, 0.6) is 0 Å². The van der Waals surface area contributed by atoms with E-state index in [4.69, 9.17) is 0 Å². The van der Waals surface area contributed by atoms with E-state index < -0.39 is 0 Å². The molecule has 0 spiro atoms. The van der Waals surface area contributed by atoms with Crippen molar-refractivity contribution in [1.82, 2.24) is 0 Å². The van der Waals surface area contributed by atoms with Crippen molar-refractivity contribution in [2.45, 2.75) is 5.28 Å². The fourth-order valence-corrected chi connectivity index (χ4v) is 0. The molecular formula is C3H5Cr. The van der Waals surface area contributed by atoms with Crippen LogP contribution in [0.4, 0.5) is 0 Å². The van der Waals surface area contributed by atoms with Gasteiger partial charge in [0.05, 0.1) is 0 Å². The van der Waals surface area contributed by atoms with Crippen molar-refractivity contribution in [3.8, 4) is 0 Å². The van der Waals surface area contributed by atoms with Crippen molar-refractivity contribution in [2.75, 3.05) is 0 Å². The molecular weight excluding hydrogens is 88.0 g/mol. The third-order valence-corrected chi connectivity index (χ3v) is 0.486. The number of hydrogen-bond acceptors (Lipinski definition) is 0. The molecule has 0 atom stereocenters. The van der Waals surface area contributed by atoms with Gasteiger partial charge in [-0.1, -0.05) is 0 Å². The Kier molecular flexibility index (Phi) is 3.50. The van der Waals surface area contributed by atoms with E-state index in [0.717, 1.165) is 5.28 Å². The summed E-state index contributed by atoms with van der Waals surface area (Å²) in [5, 5.41) is 0.958. The Morgan fingerprint density at radius 1 is 2.00 bits per heavy atom. The molecule has 23 valence electrons. The van der Waals surface area contributed by atoms with E-state index in [1.165, 1.54) is 0 Å². The Bertz CT molecular complexity index is 17.2. The Morgan fingerprint density at radius 2 is 2.25 bits per heavy atom. The SMILES string of the molecule is C=C[CH2][Cr]. The number of hydrogen-bond donors (Lipinski definition) is 0. The zero-order valence-electron chi connectivity index (χ0n) is 2.40. The standard InChI is InChI=1S/C3H5.Cr/c1-3-2;/h3H,1-2H2;. The van der Waals surface area contributed by atoms with Crippen LogP contribution in [0.2, 0.25) is 5.28 Å². The molecule has 0 aromatic rings. The quantitative estimate of drug-likeness (QED) is 0.426. The van der Waals surface area contributed by atoms with Gasteiger partial charge in [-0.15, -0.1) is 0 Å². The summed E-state index contributed by atoms with van der Waals surface area (Å²) in [6.07, 6.45) is 1.82. The first-order valence-electron chi connectivity index (χ1n) is 1.11. The van der Waals surface area contributed by atoms with Crippen LogP contribution < -0.4 is 0 Å². The first kappa shape index (κ1) is 4.27. The van der Waals surface area contributed by atoms with E-state index in [1.54, 1.807) is 0 Å². The Balaban J connectivity index is 2.30. The van der Waals surface area contributed by atoms with Gasteiger partial charge in [0.25, 0.3) is 0 Å². The average molecular weight is 93.1 g/mol. The van der Waals surface area contributed by atoms with Crippen LogP contribution >= 0.6 is 0 Å². The van der Waals surface area contributed by atoms with E-state index in [9.17, 15) is 0 Å². The first-order chi connectivity index (χ1) is 1.91. The van der Waals surface area contributed by atoms with Gasteiger partial charge in [0.1, 0.15) is 0 Å². The second-order valence-corrected chi connectivity index (χ2v) is 0.976. The van der Waals surface area contributed by atoms with Gasteiger partial charge in [-0.2, -0.15) is 0 Å². The van der Waals surface area contributed by atoms with Crippen molar-refractivity contribution in [3.63, 3.8) is 0 Å². The molecule has 0 amide bonds. The van der Waals surface area contributed by atoms with Gasteiger partial charge in [-0.25, -0.2) is 0 Å². The Labute approximate surface area is 34.9 Å². The van der Waals surface area contributed by atoms with Gasteiger partial charge in [0, 0.05) is 0 Å². The molecule has 1 heteroatoms. The maximum absolute atomic E-state index is 3.45. The molecule has 0 aliphatic heterocycles. The molecule has 0 rings (SSSR count). The molecule has 4 heavy (non-hydrogen) atoms. The fourth-order valence-electron chi connectivity index (χ4n) is 0. The second kappa shape index (κ2) is 3.27. The third kappa shape index (κ3) is 2.27. The molecule has 0 unspecified atom stereocenters. The summed E-state index contributed by atoms with van der Waals surface area (Å²) in [4.78, 5) is 0. The van der Waals surface area contributed by atoms with Gasteiger partial charge >= 0.3 is 34.2 Å². The summed E-state index contributed by atoms with van der Waals surface area (Å²) < 4.78 is 0. The zero-order valence-corrected chi connectivity index (χ0v) is 3.67. The summed E-state index contributed by atoms with van der Waals surface area (Å²) in [5.41, 5.74) is 0. The van der Waals surface area contributed by atoms with Crippen molar-refractivity contribution >= 4 is 0 Å². The van der Waals surface area contributed by atoms with E-state index in [0.29, 0.717) is 0 Å². The van der Waals surface area contributed by atoms with E-state index in [-0.39, 0.29) is 0 Å². The molecule has 0 saturated heterocycles. The molecule has 0 aliphatic rings. The maximum atomic E-state index is 3.45. The third-order valence-electron chi connectivity index (χ3n) is 0.118. The van der Waals surface area contributed by atoms with Crippen molar-refractivity contribution in [1.29, 1.82) is 0 Å². The molecule has 0 aromatic heterocycles. The predicted octanol–water partition coefficient (Wildman–Crippen LogP) is 1.14. The van der Waals surface area contributed by atoms with Crippen LogP contribution in [0.25, 0.3) is 0 Å². The molecule has 0 nitrogen and oxygen atoms in total. The summed E-state index contributed by atoms with van der Waals surface area (Å²) in [7, 11) is 0. The normalized spacial score (nSPS) is 6.00. The number of allylic oxidation sites excluding steroid dienone is 1. The van der Waals surface area contributed by atoms with Crippen LogP contribution in [0.1, 0.15) is 0 Å². The topological polar surface area (TPSA) is 0 Å². The molecule has 0 aliphatic carbocycles. The summed E-state index contributed by atoms with van der Waals surface area (Å²) in [6.45, 7) is 3.45. The second-order valence-electron chi connectivity index (χ2n) is 0.455. The molecule has 0 heterocycles. The van der Waals surface area contributed by atoms with Gasteiger partial charge in [0.2, 0.25) is 0 Å². The fraction of sp³-hybridized carbons (Fsp3) is 0.333. The molecule has 0 fully saturated rings. The zero-order chi connectivity index (χ0) is 3.41. The molecule has 0 saturated carbocycles. The summed E-state index contributed by atoms with van der Waals surface area (Å²) >= 11 is 2.77. The molecule has 0 aromatic carbocycles. The van der Waals surface area contributed by atoms with Crippen LogP contribution in [0.3, 0.4) is 0 Å². The predicted molar refractivity (Wildman–Crippen MR) is 15.0 cm³/mol.